The van der Waals surface area contributed by atoms with Gasteiger partial charge in [0, 0.05) is 31.7 Å². The Hall–Kier alpha value is -2.37. The second-order valence-electron chi connectivity index (χ2n) is 6.50. The van der Waals surface area contributed by atoms with Crippen molar-refractivity contribution in [2.45, 2.75) is 26.2 Å². The first-order valence-electron chi connectivity index (χ1n) is 8.41. The number of hydrogen-bond acceptors (Lipinski definition) is 3. The van der Waals surface area contributed by atoms with Crippen LogP contribution in [0.4, 0.5) is 5.69 Å². The molecule has 3 rings (SSSR count). The third kappa shape index (κ3) is 3.00. The maximum atomic E-state index is 12.6. The summed E-state index contributed by atoms with van der Waals surface area (Å²) < 4.78 is 0. The summed E-state index contributed by atoms with van der Waals surface area (Å²) in [4.78, 5) is 39.4. The lowest BCUT2D eigenvalue weighted by Gasteiger charge is -2.22. The topological polar surface area (TPSA) is 77.9 Å². The van der Waals surface area contributed by atoms with Gasteiger partial charge >= 0.3 is 5.97 Å². The molecule has 2 amide bonds. The van der Waals surface area contributed by atoms with Crippen molar-refractivity contribution < 1.29 is 19.5 Å². The highest BCUT2D eigenvalue weighted by Crippen LogP contribution is 2.30. The highest BCUT2D eigenvalue weighted by atomic mass is 16.4. The summed E-state index contributed by atoms with van der Waals surface area (Å²) in [5.74, 6) is -1.85. The summed E-state index contributed by atoms with van der Waals surface area (Å²) in [5, 5.41) is 9.07. The van der Waals surface area contributed by atoms with Crippen molar-refractivity contribution in [2.24, 2.45) is 11.8 Å². The molecule has 0 bridgehead atoms. The fourth-order valence-electron chi connectivity index (χ4n) is 3.60. The number of carboxylic acids is 1. The van der Waals surface area contributed by atoms with Gasteiger partial charge in [-0.2, -0.15) is 0 Å². The molecule has 2 saturated heterocycles. The van der Waals surface area contributed by atoms with E-state index in [1.165, 1.54) is 0 Å². The number of aliphatic carboxylic acids is 1. The van der Waals surface area contributed by atoms with Gasteiger partial charge < -0.3 is 14.9 Å². The van der Waals surface area contributed by atoms with Crippen LogP contribution in [0.2, 0.25) is 0 Å². The normalized spacial score (nSPS) is 23.8. The van der Waals surface area contributed by atoms with Crippen LogP contribution in [0.5, 0.6) is 0 Å². The predicted octanol–water partition coefficient (Wildman–Crippen LogP) is 1.53. The van der Waals surface area contributed by atoms with E-state index in [0.29, 0.717) is 19.5 Å². The highest BCUT2D eigenvalue weighted by Gasteiger charge is 2.40. The number of para-hydroxylation sites is 1. The molecule has 6 heteroatoms. The number of nitrogens with zero attached hydrogens (tertiary/aromatic N) is 2. The van der Waals surface area contributed by atoms with Crippen molar-refractivity contribution in [3.05, 3.63) is 29.8 Å². The maximum Gasteiger partial charge on any atom is 0.308 e. The van der Waals surface area contributed by atoms with Crippen LogP contribution in [0, 0.1) is 11.8 Å². The Morgan fingerprint density at radius 2 is 1.96 bits per heavy atom. The molecule has 0 saturated carbocycles. The molecule has 2 aliphatic rings. The summed E-state index contributed by atoms with van der Waals surface area (Å²) in [6.45, 7) is 3.14. The van der Waals surface area contributed by atoms with E-state index in [-0.39, 0.29) is 30.7 Å². The zero-order chi connectivity index (χ0) is 17.3. The van der Waals surface area contributed by atoms with Crippen LogP contribution in [0.1, 0.15) is 25.3 Å². The number of amides is 2. The van der Waals surface area contributed by atoms with E-state index in [1.807, 2.05) is 31.2 Å². The molecule has 0 aliphatic carbocycles. The molecule has 1 aromatic carbocycles. The van der Waals surface area contributed by atoms with Crippen LogP contribution >= 0.6 is 0 Å². The Balaban J connectivity index is 1.71. The standard InChI is InChI=1S/C18H22N2O4/c1-2-12-5-3-4-6-15(12)20-11-14(9-16(20)21)17(22)19-8-7-13(10-19)18(23)24/h3-6,13-14H,2,7-11H2,1H3,(H,23,24). The molecule has 128 valence electrons. The average molecular weight is 330 g/mol. The van der Waals surface area contributed by atoms with E-state index >= 15 is 0 Å². The number of carbonyl (C=O) groups excluding carboxylic acids is 2. The quantitative estimate of drug-likeness (QED) is 0.908. The first-order valence-corrected chi connectivity index (χ1v) is 8.41. The lowest BCUT2D eigenvalue weighted by molar-refractivity contribution is -0.141. The van der Waals surface area contributed by atoms with Gasteiger partial charge in [0.25, 0.3) is 0 Å². The number of carbonyl (C=O) groups is 3. The molecule has 0 radical (unpaired) electrons. The minimum Gasteiger partial charge on any atom is -0.481 e. The van der Waals surface area contributed by atoms with Gasteiger partial charge in [0.1, 0.15) is 0 Å². The number of carboxylic acid groups (broad SMARTS) is 1. The molecule has 1 aromatic rings. The van der Waals surface area contributed by atoms with Crippen LogP contribution in [-0.2, 0) is 20.8 Å². The van der Waals surface area contributed by atoms with Gasteiger partial charge in [-0.05, 0) is 24.5 Å². The number of hydrogen-bond donors (Lipinski definition) is 1. The first-order chi connectivity index (χ1) is 11.5. The van der Waals surface area contributed by atoms with Gasteiger partial charge in [-0.1, -0.05) is 25.1 Å². The second-order valence-corrected chi connectivity index (χ2v) is 6.50. The molecule has 2 heterocycles. The van der Waals surface area contributed by atoms with Gasteiger partial charge in [-0.15, -0.1) is 0 Å². The van der Waals surface area contributed by atoms with E-state index in [4.69, 9.17) is 5.11 Å². The Morgan fingerprint density at radius 3 is 2.62 bits per heavy atom. The van der Waals surface area contributed by atoms with Crippen LogP contribution in [0.15, 0.2) is 24.3 Å². The fourth-order valence-corrected chi connectivity index (χ4v) is 3.60. The van der Waals surface area contributed by atoms with Crippen molar-refractivity contribution in [1.29, 1.82) is 0 Å². The van der Waals surface area contributed by atoms with E-state index < -0.39 is 11.9 Å². The molecule has 6 nitrogen and oxygen atoms in total. The maximum absolute atomic E-state index is 12.6. The average Bonchev–Trinajstić information content (AvgIpc) is 3.21. The molecular formula is C18H22N2O4. The van der Waals surface area contributed by atoms with Crippen LogP contribution in [-0.4, -0.2) is 47.4 Å². The summed E-state index contributed by atoms with van der Waals surface area (Å²) in [6.07, 6.45) is 1.51. The first kappa shape index (κ1) is 16.5. The summed E-state index contributed by atoms with van der Waals surface area (Å²) >= 11 is 0. The van der Waals surface area contributed by atoms with E-state index in [1.54, 1.807) is 9.80 Å². The highest BCUT2D eigenvalue weighted by molar-refractivity contribution is 6.01. The molecular weight excluding hydrogens is 308 g/mol. The Morgan fingerprint density at radius 1 is 1.21 bits per heavy atom. The van der Waals surface area contributed by atoms with Crippen molar-refractivity contribution in [3.8, 4) is 0 Å². The third-order valence-corrected chi connectivity index (χ3v) is 4.99. The van der Waals surface area contributed by atoms with Gasteiger partial charge in [0.2, 0.25) is 11.8 Å². The fraction of sp³-hybridized carbons (Fsp3) is 0.500. The predicted molar refractivity (Wildman–Crippen MR) is 88.6 cm³/mol. The Labute approximate surface area is 141 Å². The Bertz CT molecular complexity index is 673. The SMILES string of the molecule is CCc1ccccc1N1CC(C(=O)N2CCC(C(=O)O)C2)CC1=O. The van der Waals surface area contributed by atoms with Gasteiger partial charge in [0.05, 0.1) is 11.8 Å². The van der Waals surface area contributed by atoms with E-state index in [9.17, 15) is 14.4 Å². The van der Waals surface area contributed by atoms with Gasteiger partial charge in [-0.3, -0.25) is 14.4 Å². The zero-order valence-electron chi connectivity index (χ0n) is 13.8. The Kier molecular flexibility index (Phi) is 4.55. The van der Waals surface area contributed by atoms with Crippen LogP contribution in [0.3, 0.4) is 0 Å². The third-order valence-electron chi connectivity index (χ3n) is 4.99. The number of benzene rings is 1. The van der Waals surface area contributed by atoms with Crippen molar-refractivity contribution in [1.82, 2.24) is 4.90 Å². The molecule has 24 heavy (non-hydrogen) atoms. The molecule has 2 aliphatic heterocycles. The van der Waals surface area contributed by atoms with Gasteiger partial charge in [-0.25, -0.2) is 0 Å². The molecule has 2 atom stereocenters. The molecule has 2 unspecified atom stereocenters. The van der Waals surface area contributed by atoms with E-state index in [2.05, 4.69) is 0 Å². The number of likely N-dealkylation sites (tertiary alicyclic amines) is 1. The summed E-state index contributed by atoms with van der Waals surface area (Å²) in [6, 6.07) is 7.76. The smallest absolute Gasteiger partial charge is 0.308 e. The minimum absolute atomic E-state index is 0.0387. The summed E-state index contributed by atoms with van der Waals surface area (Å²) in [5.41, 5.74) is 1.97. The number of rotatable bonds is 4. The van der Waals surface area contributed by atoms with Crippen molar-refractivity contribution >= 4 is 23.5 Å². The van der Waals surface area contributed by atoms with Crippen molar-refractivity contribution in [2.75, 3.05) is 24.5 Å². The second kappa shape index (κ2) is 6.63. The lowest BCUT2D eigenvalue weighted by atomic mass is 10.1. The molecule has 2 fully saturated rings. The zero-order valence-corrected chi connectivity index (χ0v) is 13.8. The van der Waals surface area contributed by atoms with Gasteiger partial charge in [0.15, 0.2) is 0 Å². The largest absolute Gasteiger partial charge is 0.481 e. The lowest BCUT2D eigenvalue weighted by Crippen LogP contribution is -2.36. The number of anilines is 1. The molecule has 0 aromatic heterocycles. The monoisotopic (exact) mass is 330 g/mol. The van der Waals surface area contributed by atoms with Crippen LogP contribution < -0.4 is 4.90 Å². The summed E-state index contributed by atoms with van der Waals surface area (Å²) in [7, 11) is 0. The number of aryl methyl sites for hydroxylation is 1. The van der Waals surface area contributed by atoms with Crippen molar-refractivity contribution in [3.63, 3.8) is 0 Å². The minimum atomic E-state index is -0.855. The molecule has 1 N–H and O–H groups in total. The molecule has 0 spiro atoms. The van der Waals surface area contributed by atoms with E-state index in [0.717, 1.165) is 17.7 Å². The van der Waals surface area contributed by atoms with Crippen LogP contribution in [0.25, 0.3) is 0 Å².